The first-order valence-electron chi connectivity index (χ1n) is 8.03. The summed E-state index contributed by atoms with van der Waals surface area (Å²) in [4.78, 5) is 4.37. The number of rotatable bonds is 2. The van der Waals surface area contributed by atoms with Crippen LogP contribution in [0.5, 0.6) is 0 Å². The van der Waals surface area contributed by atoms with Crippen LogP contribution in [0.15, 0.2) is 66.7 Å². The van der Waals surface area contributed by atoms with Crippen molar-refractivity contribution in [1.82, 2.24) is 14.6 Å². The molecule has 0 atom stereocenters. The number of alkyl halides is 3. The summed E-state index contributed by atoms with van der Waals surface area (Å²) in [6, 6.07) is 19.4. The van der Waals surface area contributed by atoms with Crippen LogP contribution in [0.1, 0.15) is 11.4 Å². The van der Waals surface area contributed by atoms with Crippen LogP contribution in [0, 0.1) is 6.92 Å². The molecule has 26 heavy (non-hydrogen) atoms. The Morgan fingerprint density at radius 3 is 2.00 bits per heavy atom. The van der Waals surface area contributed by atoms with E-state index in [0.717, 1.165) is 21.7 Å². The molecule has 130 valence electrons. The van der Waals surface area contributed by atoms with E-state index in [0.29, 0.717) is 17.0 Å². The Morgan fingerprint density at radius 2 is 1.42 bits per heavy atom. The second-order valence-electron chi connectivity index (χ2n) is 5.97. The minimum absolute atomic E-state index is 0.197. The van der Waals surface area contributed by atoms with Crippen LogP contribution in [0.25, 0.3) is 28.0 Å². The molecule has 3 nitrogen and oxygen atoms in total. The van der Waals surface area contributed by atoms with Crippen LogP contribution < -0.4 is 0 Å². The second-order valence-corrected chi connectivity index (χ2v) is 5.97. The van der Waals surface area contributed by atoms with Crippen molar-refractivity contribution in [2.24, 2.45) is 0 Å². The molecule has 4 aromatic rings. The lowest BCUT2D eigenvalue weighted by atomic mass is 10.0. The van der Waals surface area contributed by atoms with Crippen LogP contribution in [0.3, 0.4) is 0 Å². The van der Waals surface area contributed by atoms with Gasteiger partial charge in [-0.05, 0) is 18.6 Å². The van der Waals surface area contributed by atoms with Gasteiger partial charge in [0.05, 0.1) is 5.56 Å². The molecule has 6 heteroatoms. The third kappa shape index (κ3) is 2.73. The lowest BCUT2D eigenvalue weighted by Gasteiger charge is -2.09. The highest BCUT2D eigenvalue weighted by Crippen LogP contribution is 2.37. The van der Waals surface area contributed by atoms with E-state index in [9.17, 15) is 13.2 Å². The normalized spacial score (nSPS) is 11.8. The van der Waals surface area contributed by atoms with E-state index >= 15 is 0 Å². The molecule has 0 N–H and O–H groups in total. The molecule has 0 aliphatic carbocycles. The van der Waals surface area contributed by atoms with Gasteiger partial charge in [-0.1, -0.05) is 60.7 Å². The molecule has 0 saturated carbocycles. The zero-order valence-corrected chi connectivity index (χ0v) is 13.8. The van der Waals surface area contributed by atoms with Crippen molar-refractivity contribution in [3.63, 3.8) is 0 Å². The van der Waals surface area contributed by atoms with E-state index in [1.54, 1.807) is 6.92 Å². The predicted molar refractivity (Wildman–Crippen MR) is 93.6 cm³/mol. The summed E-state index contributed by atoms with van der Waals surface area (Å²) in [5.74, 6) is 0. The number of benzene rings is 2. The highest BCUT2D eigenvalue weighted by Gasteiger charge is 2.36. The fourth-order valence-electron chi connectivity index (χ4n) is 3.01. The number of hydrogen-bond acceptors (Lipinski definition) is 2. The first-order valence-corrected chi connectivity index (χ1v) is 8.03. The summed E-state index contributed by atoms with van der Waals surface area (Å²) < 4.78 is 41.6. The van der Waals surface area contributed by atoms with Crippen molar-refractivity contribution in [3.05, 3.63) is 78.1 Å². The van der Waals surface area contributed by atoms with Gasteiger partial charge in [-0.25, -0.2) is 9.50 Å². The van der Waals surface area contributed by atoms with Crippen LogP contribution in [0.4, 0.5) is 13.2 Å². The maximum absolute atomic E-state index is 13.6. The Kier molecular flexibility index (Phi) is 3.76. The Hall–Kier alpha value is -3.15. The fourth-order valence-corrected chi connectivity index (χ4v) is 3.01. The highest BCUT2D eigenvalue weighted by atomic mass is 19.4. The van der Waals surface area contributed by atoms with Crippen LogP contribution in [0.2, 0.25) is 0 Å². The third-order valence-corrected chi connectivity index (χ3v) is 4.12. The summed E-state index contributed by atoms with van der Waals surface area (Å²) in [5.41, 5.74) is 2.23. The van der Waals surface area contributed by atoms with Crippen molar-refractivity contribution in [3.8, 4) is 22.4 Å². The van der Waals surface area contributed by atoms with E-state index in [1.165, 1.54) is 0 Å². The first-order chi connectivity index (χ1) is 12.4. The van der Waals surface area contributed by atoms with Gasteiger partial charge in [-0.3, -0.25) is 0 Å². The molecule has 2 heterocycles. The molecular formula is C20H14F3N3. The number of fused-ring (bicyclic) bond motifs is 1. The zero-order chi connectivity index (χ0) is 18.3. The summed E-state index contributed by atoms with van der Waals surface area (Å²) in [5, 5.41) is 4.30. The molecule has 0 spiro atoms. The summed E-state index contributed by atoms with van der Waals surface area (Å²) in [6.07, 6.45) is -4.53. The molecule has 0 aliphatic heterocycles. The van der Waals surface area contributed by atoms with Crippen LogP contribution in [-0.2, 0) is 6.18 Å². The Bertz CT molecular complexity index is 1070. The average Bonchev–Trinajstić information content (AvgIpc) is 3.00. The largest absolute Gasteiger partial charge is 0.433 e. The molecule has 0 bridgehead atoms. The average molecular weight is 353 g/mol. The minimum Gasteiger partial charge on any atom is -0.233 e. The Labute approximate surface area is 147 Å². The molecule has 0 saturated heterocycles. The molecule has 0 unspecified atom stereocenters. The van der Waals surface area contributed by atoms with Gasteiger partial charge in [-0.2, -0.15) is 18.3 Å². The quantitative estimate of drug-likeness (QED) is 0.484. The predicted octanol–water partition coefficient (Wildman–Crippen LogP) is 5.39. The zero-order valence-electron chi connectivity index (χ0n) is 13.8. The molecular weight excluding hydrogens is 339 g/mol. The minimum atomic E-state index is -4.53. The monoisotopic (exact) mass is 353 g/mol. The van der Waals surface area contributed by atoms with Gasteiger partial charge in [0.1, 0.15) is 11.4 Å². The summed E-state index contributed by atoms with van der Waals surface area (Å²) >= 11 is 0. The Morgan fingerprint density at radius 1 is 0.846 bits per heavy atom. The standard InChI is InChI=1S/C20H14F3N3/c1-13-12-16(20(21,22)23)26-19(24-13)17(14-8-4-2-5-9-14)18(25-26)15-10-6-3-7-11-15/h2-12H,1H3. The van der Waals surface area contributed by atoms with E-state index in [-0.39, 0.29) is 5.65 Å². The van der Waals surface area contributed by atoms with E-state index in [1.807, 2.05) is 60.7 Å². The van der Waals surface area contributed by atoms with E-state index in [4.69, 9.17) is 0 Å². The molecule has 2 aromatic carbocycles. The number of halogens is 3. The third-order valence-electron chi connectivity index (χ3n) is 4.12. The maximum atomic E-state index is 13.6. The van der Waals surface area contributed by atoms with Gasteiger partial charge in [0, 0.05) is 11.3 Å². The fraction of sp³-hybridized carbons (Fsp3) is 0.100. The number of nitrogens with zero attached hydrogens (tertiary/aromatic N) is 3. The summed E-state index contributed by atoms with van der Waals surface area (Å²) in [7, 11) is 0. The van der Waals surface area contributed by atoms with Crippen molar-refractivity contribution in [2.45, 2.75) is 13.1 Å². The Balaban J connectivity index is 2.14. The van der Waals surface area contributed by atoms with Crippen LogP contribution in [-0.4, -0.2) is 14.6 Å². The summed E-state index contributed by atoms with van der Waals surface area (Å²) in [6.45, 7) is 1.55. The second kappa shape index (κ2) is 5.98. The molecule has 0 amide bonds. The molecule has 0 radical (unpaired) electrons. The number of hydrogen-bond donors (Lipinski definition) is 0. The van der Waals surface area contributed by atoms with Gasteiger partial charge >= 0.3 is 6.18 Å². The van der Waals surface area contributed by atoms with Gasteiger partial charge in [0.15, 0.2) is 5.65 Å². The molecule has 0 fully saturated rings. The van der Waals surface area contributed by atoms with E-state index in [2.05, 4.69) is 10.1 Å². The smallest absolute Gasteiger partial charge is 0.233 e. The van der Waals surface area contributed by atoms with Crippen molar-refractivity contribution in [1.29, 1.82) is 0 Å². The lowest BCUT2D eigenvalue weighted by molar-refractivity contribution is -0.142. The first kappa shape index (κ1) is 16.3. The number of aromatic nitrogens is 3. The molecule has 4 rings (SSSR count). The van der Waals surface area contributed by atoms with Crippen LogP contribution >= 0.6 is 0 Å². The van der Waals surface area contributed by atoms with Crippen molar-refractivity contribution >= 4 is 5.65 Å². The molecule has 0 aliphatic rings. The molecule has 2 aromatic heterocycles. The van der Waals surface area contributed by atoms with Gasteiger partial charge < -0.3 is 0 Å². The topological polar surface area (TPSA) is 30.2 Å². The highest BCUT2D eigenvalue weighted by molar-refractivity contribution is 5.90. The van der Waals surface area contributed by atoms with Crippen molar-refractivity contribution < 1.29 is 13.2 Å². The number of aryl methyl sites for hydroxylation is 1. The maximum Gasteiger partial charge on any atom is 0.433 e. The van der Waals surface area contributed by atoms with Gasteiger partial charge in [0.2, 0.25) is 0 Å². The van der Waals surface area contributed by atoms with E-state index < -0.39 is 11.9 Å². The SMILES string of the molecule is Cc1cc(C(F)(F)F)n2nc(-c3ccccc3)c(-c3ccccc3)c2n1. The van der Waals surface area contributed by atoms with Gasteiger partial charge in [-0.15, -0.1) is 0 Å². The lowest BCUT2D eigenvalue weighted by Crippen LogP contribution is -2.13. The van der Waals surface area contributed by atoms with Crippen molar-refractivity contribution in [2.75, 3.05) is 0 Å². The van der Waals surface area contributed by atoms with Gasteiger partial charge in [0.25, 0.3) is 0 Å².